The number of benzene rings is 2. The molecule has 3 atom stereocenters. The monoisotopic (exact) mass is 495 g/mol. The minimum Gasteiger partial charge on any atom is -0.450 e. The predicted octanol–water partition coefficient (Wildman–Crippen LogP) is 5.24. The van der Waals surface area contributed by atoms with E-state index in [2.05, 4.69) is 56.7 Å². The maximum atomic E-state index is 13.4. The van der Waals surface area contributed by atoms with E-state index in [1.807, 2.05) is 18.2 Å². The standard InChI is InChI=1S/C26H37N3O2.2ClH/c1-6-29(7-2)19-25(4)18-28(5)20(3)17-26(25,22-11-9-8-10-12-22)31-24(30)21-13-15-23(27)16-14-21;;/h8-16,20H,6-7,17-19,27H2,1-5H3;2*1H. The molecule has 1 saturated heterocycles. The van der Waals surface area contributed by atoms with Crippen molar-refractivity contribution in [2.24, 2.45) is 5.41 Å². The predicted molar refractivity (Wildman–Crippen MR) is 141 cm³/mol. The number of piperidine rings is 1. The van der Waals surface area contributed by atoms with Crippen LogP contribution in [0.5, 0.6) is 0 Å². The molecule has 0 aromatic heterocycles. The van der Waals surface area contributed by atoms with Gasteiger partial charge in [0.2, 0.25) is 0 Å². The zero-order valence-electron chi connectivity index (χ0n) is 20.4. The highest BCUT2D eigenvalue weighted by Crippen LogP contribution is 2.51. The summed E-state index contributed by atoms with van der Waals surface area (Å²) < 4.78 is 6.58. The van der Waals surface area contributed by atoms with Gasteiger partial charge >= 0.3 is 5.97 Å². The third kappa shape index (κ3) is 6.02. The van der Waals surface area contributed by atoms with Gasteiger partial charge in [0.15, 0.2) is 0 Å². The van der Waals surface area contributed by atoms with Crippen molar-refractivity contribution in [3.05, 3.63) is 65.7 Å². The number of rotatable bonds is 7. The van der Waals surface area contributed by atoms with Gasteiger partial charge in [0.05, 0.1) is 5.56 Å². The van der Waals surface area contributed by atoms with Crippen LogP contribution in [0.15, 0.2) is 54.6 Å². The van der Waals surface area contributed by atoms with Crippen LogP contribution in [-0.4, -0.2) is 55.0 Å². The number of hydrogen-bond acceptors (Lipinski definition) is 5. The Balaban J connectivity index is 0.00000272. The van der Waals surface area contributed by atoms with Gasteiger partial charge in [-0.2, -0.15) is 0 Å². The van der Waals surface area contributed by atoms with Gasteiger partial charge in [0.1, 0.15) is 5.60 Å². The molecule has 1 aliphatic rings. The lowest BCUT2D eigenvalue weighted by atomic mass is 9.63. The summed E-state index contributed by atoms with van der Waals surface area (Å²) >= 11 is 0. The van der Waals surface area contributed by atoms with E-state index in [1.165, 1.54) is 0 Å². The zero-order chi connectivity index (χ0) is 22.6. The Morgan fingerprint density at radius 3 is 2.21 bits per heavy atom. The average Bonchev–Trinajstić information content (AvgIpc) is 2.77. The highest BCUT2D eigenvalue weighted by Gasteiger charge is 2.57. The molecule has 0 saturated carbocycles. The summed E-state index contributed by atoms with van der Waals surface area (Å²) in [5.41, 5.74) is 7.03. The molecular weight excluding hydrogens is 457 g/mol. The Morgan fingerprint density at radius 2 is 1.67 bits per heavy atom. The molecule has 2 aromatic rings. The van der Waals surface area contributed by atoms with Gasteiger partial charge in [-0.25, -0.2) is 4.79 Å². The van der Waals surface area contributed by atoms with E-state index >= 15 is 0 Å². The van der Waals surface area contributed by atoms with Crippen molar-refractivity contribution in [3.63, 3.8) is 0 Å². The minimum atomic E-state index is -0.735. The van der Waals surface area contributed by atoms with E-state index in [0.29, 0.717) is 11.3 Å². The number of nitrogens with zero attached hydrogens (tertiary/aromatic N) is 2. The Morgan fingerprint density at radius 1 is 1.09 bits per heavy atom. The Kier molecular flexibility index (Phi) is 10.7. The number of carbonyl (C=O) groups is 1. The molecule has 0 spiro atoms. The third-order valence-electron chi connectivity index (χ3n) is 7.03. The SMILES string of the molecule is CCN(CC)CC1(C)CN(C)C(C)CC1(OC(=O)c1ccc(N)cc1)c1ccccc1.Cl.Cl. The third-order valence-corrected chi connectivity index (χ3v) is 7.03. The number of likely N-dealkylation sites (tertiary alicyclic amines) is 1. The lowest BCUT2D eigenvalue weighted by Crippen LogP contribution is -2.63. The fourth-order valence-electron chi connectivity index (χ4n) is 5.00. The van der Waals surface area contributed by atoms with Gasteiger partial charge in [-0.05, 0) is 56.9 Å². The maximum Gasteiger partial charge on any atom is 0.339 e. The van der Waals surface area contributed by atoms with Gasteiger partial charge < -0.3 is 20.3 Å². The second-order valence-corrected chi connectivity index (χ2v) is 9.19. The molecule has 2 aromatic carbocycles. The lowest BCUT2D eigenvalue weighted by molar-refractivity contribution is -0.159. The highest BCUT2D eigenvalue weighted by molar-refractivity contribution is 5.90. The summed E-state index contributed by atoms with van der Waals surface area (Å²) in [5, 5.41) is 0. The average molecular weight is 497 g/mol. The highest BCUT2D eigenvalue weighted by atomic mass is 35.5. The van der Waals surface area contributed by atoms with Crippen LogP contribution in [0, 0.1) is 5.41 Å². The van der Waals surface area contributed by atoms with Crippen molar-refractivity contribution in [1.29, 1.82) is 0 Å². The number of nitrogens with two attached hydrogens (primary N) is 1. The second kappa shape index (κ2) is 12.1. The fourth-order valence-corrected chi connectivity index (χ4v) is 5.00. The molecule has 0 bridgehead atoms. The molecule has 7 heteroatoms. The fraction of sp³-hybridized carbons (Fsp3) is 0.500. The van der Waals surface area contributed by atoms with Crippen molar-refractivity contribution in [2.45, 2.75) is 45.8 Å². The zero-order valence-corrected chi connectivity index (χ0v) is 22.0. The molecule has 5 nitrogen and oxygen atoms in total. The largest absolute Gasteiger partial charge is 0.450 e. The van der Waals surface area contributed by atoms with Gasteiger partial charge in [0.25, 0.3) is 0 Å². The number of ether oxygens (including phenoxy) is 1. The molecule has 1 aliphatic heterocycles. The van der Waals surface area contributed by atoms with Crippen LogP contribution in [-0.2, 0) is 10.3 Å². The minimum absolute atomic E-state index is 0. The Bertz CT molecular complexity index is 877. The first kappa shape index (κ1) is 29.2. The number of anilines is 1. The van der Waals surface area contributed by atoms with Gasteiger partial charge in [-0.1, -0.05) is 51.1 Å². The summed E-state index contributed by atoms with van der Waals surface area (Å²) in [6.45, 7) is 12.5. The first-order valence-corrected chi connectivity index (χ1v) is 11.3. The number of hydrogen-bond donors (Lipinski definition) is 1. The molecule has 2 N–H and O–H groups in total. The van der Waals surface area contributed by atoms with E-state index in [0.717, 1.165) is 38.2 Å². The van der Waals surface area contributed by atoms with Crippen LogP contribution in [0.1, 0.15) is 50.0 Å². The lowest BCUT2D eigenvalue weighted by Gasteiger charge is -2.56. The summed E-state index contributed by atoms with van der Waals surface area (Å²) in [4.78, 5) is 18.2. The van der Waals surface area contributed by atoms with E-state index in [-0.39, 0.29) is 42.2 Å². The topological polar surface area (TPSA) is 58.8 Å². The van der Waals surface area contributed by atoms with Crippen molar-refractivity contribution in [3.8, 4) is 0 Å². The van der Waals surface area contributed by atoms with Gasteiger partial charge in [0, 0.05) is 36.7 Å². The maximum absolute atomic E-state index is 13.4. The summed E-state index contributed by atoms with van der Waals surface area (Å²) in [7, 11) is 2.17. The molecular formula is C26H39Cl2N3O2. The molecule has 33 heavy (non-hydrogen) atoms. The number of carbonyl (C=O) groups excluding carboxylic acids is 1. The molecule has 0 amide bonds. The number of nitrogen functional groups attached to an aromatic ring is 1. The Hall–Kier alpha value is -1.79. The van der Waals surface area contributed by atoms with Crippen LogP contribution < -0.4 is 5.73 Å². The van der Waals surface area contributed by atoms with Crippen LogP contribution in [0.25, 0.3) is 0 Å². The molecule has 0 radical (unpaired) electrons. The number of halogens is 2. The van der Waals surface area contributed by atoms with Crippen LogP contribution in [0.2, 0.25) is 0 Å². The summed E-state index contributed by atoms with van der Waals surface area (Å²) in [6.07, 6.45) is 0.742. The van der Waals surface area contributed by atoms with E-state index in [9.17, 15) is 4.79 Å². The second-order valence-electron chi connectivity index (χ2n) is 9.19. The van der Waals surface area contributed by atoms with Crippen molar-refractivity contribution in [2.75, 3.05) is 39.0 Å². The van der Waals surface area contributed by atoms with E-state index in [1.54, 1.807) is 24.3 Å². The van der Waals surface area contributed by atoms with Crippen LogP contribution >= 0.6 is 24.8 Å². The van der Waals surface area contributed by atoms with Crippen molar-refractivity contribution in [1.82, 2.24) is 9.80 Å². The molecule has 1 heterocycles. The smallest absolute Gasteiger partial charge is 0.339 e. The summed E-state index contributed by atoms with van der Waals surface area (Å²) in [6, 6.07) is 17.6. The normalized spacial score (nSPS) is 25.1. The molecule has 1 fully saturated rings. The molecule has 3 unspecified atom stereocenters. The Labute approximate surface area is 211 Å². The van der Waals surface area contributed by atoms with Crippen molar-refractivity contribution < 1.29 is 9.53 Å². The molecule has 0 aliphatic carbocycles. The van der Waals surface area contributed by atoms with Gasteiger partial charge in [-0.15, -0.1) is 24.8 Å². The summed E-state index contributed by atoms with van der Waals surface area (Å²) in [5.74, 6) is -0.300. The van der Waals surface area contributed by atoms with Crippen LogP contribution in [0.4, 0.5) is 5.69 Å². The first-order chi connectivity index (χ1) is 14.7. The quantitative estimate of drug-likeness (QED) is 0.420. The molecule has 3 rings (SSSR count). The first-order valence-electron chi connectivity index (χ1n) is 11.3. The van der Waals surface area contributed by atoms with E-state index < -0.39 is 5.60 Å². The van der Waals surface area contributed by atoms with Crippen LogP contribution in [0.3, 0.4) is 0 Å². The number of esters is 1. The van der Waals surface area contributed by atoms with Crippen molar-refractivity contribution >= 4 is 36.5 Å². The molecule has 184 valence electrons. The van der Waals surface area contributed by atoms with Gasteiger partial charge in [-0.3, -0.25) is 0 Å². The van der Waals surface area contributed by atoms with E-state index in [4.69, 9.17) is 10.5 Å².